The molecule has 1 fully saturated rings. The van der Waals surface area contributed by atoms with Gasteiger partial charge in [-0.25, -0.2) is 4.98 Å². The lowest BCUT2D eigenvalue weighted by molar-refractivity contribution is -0.0499. The number of aryl methyl sites for hydroxylation is 1. The van der Waals surface area contributed by atoms with Crippen LogP contribution in [-0.4, -0.2) is 28.7 Å². The molecule has 0 unspecified atom stereocenters. The third-order valence-corrected chi connectivity index (χ3v) is 4.13. The van der Waals surface area contributed by atoms with Crippen molar-refractivity contribution in [2.24, 2.45) is 7.05 Å². The Morgan fingerprint density at radius 1 is 1.38 bits per heavy atom. The largest absolute Gasteiger partial charge is 0.534 e. The Bertz CT molecular complexity index is 809. The third-order valence-electron chi connectivity index (χ3n) is 3.17. The maximum atomic E-state index is 12.4. The molecule has 2 aromatic heterocycles. The molecule has 1 saturated carbocycles. The topological polar surface area (TPSA) is 74.1 Å². The Hall–Kier alpha value is -1.84. The normalized spacial score (nSPS) is 16.4. The minimum atomic E-state index is -5.72. The van der Waals surface area contributed by atoms with Gasteiger partial charge < -0.3 is 4.18 Å². The second kappa shape index (κ2) is 4.33. The third kappa shape index (κ3) is 2.43. The summed E-state index contributed by atoms with van der Waals surface area (Å²) in [6.45, 7) is 0. The van der Waals surface area contributed by atoms with Crippen LogP contribution in [0.1, 0.15) is 24.5 Å². The average molecular weight is 321 g/mol. The summed E-state index contributed by atoms with van der Waals surface area (Å²) in [6, 6.07) is 1.24. The van der Waals surface area contributed by atoms with Crippen molar-refractivity contribution in [2.45, 2.75) is 24.3 Å². The second-order valence-electron chi connectivity index (χ2n) is 4.81. The highest BCUT2D eigenvalue weighted by Crippen LogP contribution is 2.42. The van der Waals surface area contributed by atoms with E-state index in [1.165, 1.54) is 16.9 Å². The van der Waals surface area contributed by atoms with Crippen molar-refractivity contribution in [2.75, 3.05) is 0 Å². The molecule has 3 rings (SSSR count). The number of fused-ring (bicyclic) bond motifs is 1. The van der Waals surface area contributed by atoms with Gasteiger partial charge in [0.1, 0.15) is 0 Å². The summed E-state index contributed by atoms with van der Waals surface area (Å²) in [5.74, 6) is -0.271. The summed E-state index contributed by atoms with van der Waals surface area (Å²) in [5, 5.41) is 3.99. The van der Waals surface area contributed by atoms with Gasteiger partial charge in [0.05, 0.1) is 11.6 Å². The van der Waals surface area contributed by atoms with Crippen molar-refractivity contribution in [3.8, 4) is 5.75 Å². The van der Waals surface area contributed by atoms with E-state index in [0.717, 1.165) is 12.8 Å². The zero-order chi connectivity index (χ0) is 15.4. The first-order chi connectivity index (χ1) is 9.69. The predicted octanol–water partition coefficient (Wildman–Crippen LogP) is 2.07. The van der Waals surface area contributed by atoms with E-state index in [0.29, 0.717) is 5.69 Å². The van der Waals surface area contributed by atoms with Crippen LogP contribution < -0.4 is 4.18 Å². The molecule has 10 heteroatoms. The van der Waals surface area contributed by atoms with Crippen LogP contribution in [0.4, 0.5) is 13.2 Å². The monoisotopic (exact) mass is 321 g/mol. The van der Waals surface area contributed by atoms with E-state index >= 15 is 0 Å². The fourth-order valence-corrected chi connectivity index (χ4v) is 2.40. The zero-order valence-corrected chi connectivity index (χ0v) is 11.6. The fourth-order valence-electron chi connectivity index (χ4n) is 1.93. The Morgan fingerprint density at radius 2 is 2.05 bits per heavy atom. The maximum absolute atomic E-state index is 12.4. The minimum Gasteiger partial charge on any atom is -0.375 e. The fraction of sp³-hybridized carbons (Fsp3) is 0.455. The highest BCUT2D eigenvalue weighted by Gasteiger charge is 2.49. The Balaban J connectivity index is 2.13. The van der Waals surface area contributed by atoms with E-state index in [9.17, 15) is 21.6 Å². The summed E-state index contributed by atoms with van der Waals surface area (Å²) in [4.78, 5) is 4.29. The van der Waals surface area contributed by atoms with Gasteiger partial charge in [-0.05, 0) is 12.8 Å². The van der Waals surface area contributed by atoms with Gasteiger partial charge in [-0.1, -0.05) is 0 Å². The van der Waals surface area contributed by atoms with Crippen LogP contribution in [0, 0.1) is 0 Å². The lowest BCUT2D eigenvalue weighted by Gasteiger charge is -2.11. The molecule has 0 saturated heterocycles. The molecule has 0 N–H and O–H groups in total. The first-order valence-corrected chi connectivity index (χ1v) is 7.43. The van der Waals surface area contributed by atoms with Crippen LogP contribution in [0.2, 0.25) is 0 Å². The summed E-state index contributed by atoms with van der Waals surface area (Å²) in [5.41, 5.74) is -4.69. The quantitative estimate of drug-likeness (QED) is 0.639. The van der Waals surface area contributed by atoms with Crippen molar-refractivity contribution in [3.05, 3.63) is 18.0 Å². The highest BCUT2D eigenvalue weighted by atomic mass is 32.2. The molecule has 2 heterocycles. The standard InChI is InChI=1S/C11H10F3N3O3S/c1-17-10-7(5-15-17)9(4-8(16-10)6-2-3-6)20-21(18,19)11(12,13)14/h4-6H,2-3H2,1H3. The molecule has 6 nitrogen and oxygen atoms in total. The van der Waals surface area contributed by atoms with Gasteiger partial charge in [0.15, 0.2) is 11.4 Å². The van der Waals surface area contributed by atoms with E-state index in [1.54, 1.807) is 7.05 Å². The smallest absolute Gasteiger partial charge is 0.375 e. The molecule has 2 aromatic rings. The van der Waals surface area contributed by atoms with Gasteiger partial charge in [-0.3, -0.25) is 4.68 Å². The van der Waals surface area contributed by atoms with Gasteiger partial charge in [0, 0.05) is 24.7 Å². The molecule has 1 aliphatic carbocycles. The molecule has 0 spiro atoms. The summed E-state index contributed by atoms with van der Waals surface area (Å²) in [7, 11) is -4.16. The van der Waals surface area contributed by atoms with E-state index in [4.69, 9.17) is 0 Å². The number of hydrogen-bond donors (Lipinski definition) is 0. The predicted molar refractivity (Wildman–Crippen MR) is 66.1 cm³/mol. The van der Waals surface area contributed by atoms with E-state index < -0.39 is 21.4 Å². The summed E-state index contributed by atoms with van der Waals surface area (Å²) < 4.78 is 65.3. The number of rotatable bonds is 3. The van der Waals surface area contributed by atoms with Gasteiger partial charge >= 0.3 is 15.6 Å². The van der Waals surface area contributed by atoms with Crippen LogP contribution >= 0.6 is 0 Å². The Kier molecular flexibility index (Phi) is 2.91. The number of nitrogens with zero attached hydrogens (tertiary/aromatic N) is 3. The van der Waals surface area contributed by atoms with Crippen molar-refractivity contribution in [3.63, 3.8) is 0 Å². The number of pyridine rings is 1. The van der Waals surface area contributed by atoms with Crippen LogP contribution in [0.3, 0.4) is 0 Å². The molecular formula is C11H10F3N3O3S. The zero-order valence-electron chi connectivity index (χ0n) is 10.8. The average Bonchev–Trinajstić information content (AvgIpc) is 3.13. The van der Waals surface area contributed by atoms with Gasteiger partial charge in [-0.15, -0.1) is 0 Å². The van der Waals surface area contributed by atoms with Crippen LogP contribution in [0.15, 0.2) is 12.3 Å². The molecule has 0 aliphatic heterocycles. The van der Waals surface area contributed by atoms with Crippen LogP contribution in [0.25, 0.3) is 11.0 Å². The lowest BCUT2D eigenvalue weighted by atomic mass is 10.2. The molecule has 0 radical (unpaired) electrons. The summed E-state index contributed by atoms with van der Waals surface area (Å²) >= 11 is 0. The minimum absolute atomic E-state index is 0.120. The molecule has 0 bridgehead atoms. The molecule has 114 valence electrons. The van der Waals surface area contributed by atoms with E-state index in [-0.39, 0.29) is 17.0 Å². The van der Waals surface area contributed by atoms with Crippen LogP contribution in [-0.2, 0) is 17.2 Å². The number of hydrogen-bond acceptors (Lipinski definition) is 5. The number of halogens is 3. The molecule has 0 aromatic carbocycles. The highest BCUT2D eigenvalue weighted by molar-refractivity contribution is 7.88. The Morgan fingerprint density at radius 3 is 2.62 bits per heavy atom. The van der Waals surface area contributed by atoms with E-state index in [2.05, 4.69) is 14.3 Å². The lowest BCUT2D eigenvalue weighted by Crippen LogP contribution is -2.28. The van der Waals surface area contributed by atoms with Crippen molar-refractivity contribution >= 4 is 21.2 Å². The van der Waals surface area contributed by atoms with Crippen molar-refractivity contribution in [1.29, 1.82) is 0 Å². The van der Waals surface area contributed by atoms with Crippen LogP contribution in [0.5, 0.6) is 5.75 Å². The molecule has 21 heavy (non-hydrogen) atoms. The second-order valence-corrected chi connectivity index (χ2v) is 6.35. The first kappa shape index (κ1) is 14.1. The molecular weight excluding hydrogens is 311 g/mol. The first-order valence-electron chi connectivity index (χ1n) is 6.02. The maximum Gasteiger partial charge on any atom is 0.534 e. The van der Waals surface area contributed by atoms with Gasteiger partial charge in [-0.2, -0.15) is 26.7 Å². The molecule has 0 amide bonds. The SMILES string of the molecule is Cn1ncc2c(OS(=O)(=O)C(F)(F)F)cc(C3CC3)nc21. The number of alkyl halides is 3. The Labute approximate surface area is 117 Å². The van der Waals surface area contributed by atoms with E-state index in [1.807, 2.05) is 0 Å². The number of aromatic nitrogens is 3. The van der Waals surface area contributed by atoms with Crippen molar-refractivity contribution < 1.29 is 25.8 Å². The van der Waals surface area contributed by atoms with Crippen molar-refractivity contribution in [1.82, 2.24) is 14.8 Å². The van der Waals surface area contributed by atoms with Gasteiger partial charge in [0.2, 0.25) is 0 Å². The molecule has 0 atom stereocenters. The summed E-state index contributed by atoms with van der Waals surface area (Å²) in [6.07, 6.45) is 2.95. The van der Waals surface area contributed by atoms with Gasteiger partial charge in [0.25, 0.3) is 0 Å². The molecule has 1 aliphatic rings.